The van der Waals surface area contributed by atoms with Crippen LogP contribution in [0.1, 0.15) is 38.5 Å². The number of unbranched alkanes of at least 4 members (excludes halogenated alkanes) is 3. The summed E-state index contributed by atoms with van der Waals surface area (Å²) >= 11 is 4.07. The summed E-state index contributed by atoms with van der Waals surface area (Å²) in [5.41, 5.74) is 0. The first-order valence-electron chi connectivity index (χ1n) is 5.40. The summed E-state index contributed by atoms with van der Waals surface area (Å²) in [5.74, 6) is -0.591. The molecule has 0 saturated heterocycles. The second kappa shape index (κ2) is 9.47. The largest absolute Gasteiger partial charge is 0.481 e. The topological polar surface area (TPSA) is 77.8 Å². The number of amides is 1. The zero-order chi connectivity index (χ0) is 12.4. The molecule has 2 N–H and O–H groups in total. The van der Waals surface area contributed by atoms with Crippen molar-refractivity contribution in [1.82, 2.24) is 5.06 Å². The average Bonchev–Trinajstić information content (AvgIpc) is 2.25. The predicted molar refractivity (Wildman–Crippen MR) is 62.7 cm³/mol. The molecule has 0 spiro atoms. The van der Waals surface area contributed by atoms with E-state index >= 15 is 0 Å². The van der Waals surface area contributed by atoms with Crippen LogP contribution in [-0.4, -0.2) is 39.6 Å². The van der Waals surface area contributed by atoms with Crippen LogP contribution in [0.2, 0.25) is 0 Å². The van der Waals surface area contributed by atoms with Gasteiger partial charge in [-0.2, -0.15) is 12.6 Å². The van der Waals surface area contributed by atoms with Crippen molar-refractivity contribution in [2.24, 2.45) is 0 Å². The van der Waals surface area contributed by atoms with Gasteiger partial charge in [0, 0.05) is 6.42 Å². The zero-order valence-corrected chi connectivity index (χ0v) is 10.2. The van der Waals surface area contributed by atoms with Gasteiger partial charge in [0.2, 0.25) is 5.91 Å². The number of carboxylic acids is 1. The molecule has 94 valence electrons. The second-order valence-electron chi connectivity index (χ2n) is 3.55. The number of thiol groups is 1. The van der Waals surface area contributed by atoms with Gasteiger partial charge in [-0.15, -0.1) is 0 Å². The highest BCUT2D eigenvalue weighted by molar-refractivity contribution is 7.80. The van der Waals surface area contributed by atoms with Gasteiger partial charge in [-0.3, -0.25) is 14.8 Å². The highest BCUT2D eigenvalue weighted by Gasteiger charge is 2.11. The molecule has 0 atom stereocenters. The standard InChI is InChI=1S/C10H19NO4S/c12-9(5-3-1-2-4-8-16)11(15)7-6-10(13)14/h15-16H,1-8H2,(H,13,14). The minimum Gasteiger partial charge on any atom is -0.481 e. The van der Waals surface area contributed by atoms with Gasteiger partial charge in [-0.1, -0.05) is 12.8 Å². The lowest BCUT2D eigenvalue weighted by atomic mass is 10.1. The normalized spacial score (nSPS) is 10.1. The maximum atomic E-state index is 11.3. The van der Waals surface area contributed by atoms with Crippen LogP contribution >= 0.6 is 12.6 Å². The summed E-state index contributed by atoms with van der Waals surface area (Å²) in [6, 6.07) is 0. The number of carbonyl (C=O) groups is 2. The Balaban J connectivity index is 3.51. The van der Waals surface area contributed by atoms with Crippen LogP contribution < -0.4 is 0 Å². The van der Waals surface area contributed by atoms with E-state index in [1.807, 2.05) is 0 Å². The fourth-order valence-electron chi connectivity index (χ4n) is 1.20. The first kappa shape index (κ1) is 15.2. The van der Waals surface area contributed by atoms with Crippen molar-refractivity contribution in [2.75, 3.05) is 12.3 Å². The highest BCUT2D eigenvalue weighted by atomic mass is 32.1. The molecule has 16 heavy (non-hydrogen) atoms. The molecule has 0 aliphatic carbocycles. The van der Waals surface area contributed by atoms with Crippen LogP contribution in [-0.2, 0) is 9.59 Å². The molecule has 0 aromatic carbocycles. The average molecular weight is 249 g/mol. The Morgan fingerprint density at radius 2 is 1.69 bits per heavy atom. The van der Waals surface area contributed by atoms with Gasteiger partial charge < -0.3 is 5.11 Å². The fraction of sp³-hybridized carbons (Fsp3) is 0.800. The van der Waals surface area contributed by atoms with Gasteiger partial charge >= 0.3 is 5.97 Å². The first-order chi connectivity index (χ1) is 7.57. The molecule has 0 aliphatic heterocycles. The summed E-state index contributed by atoms with van der Waals surface area (Å²) in [6.45, 7) is -0.148. The van der Waals surface area contributed by atoms with E-state index in [1.54, 1.807) is 0 Å². The number of carbonyl (C=O) groups excluding carboxylic acids is 1. The van der Waals surface area contributed by atoms with Crippen molar-refractivity contribution >= 4 is 24.5 Å². The lowest BCUT2D eigenvalue weighted by molar-refractivity contribution is -0.167. The second-order valence-corrected chi connectivity index (χ2v) is 4.00. The molecule has 0 unspecified atom stereocenters. The predicted octanol–water partition coefficient (Wildman–Crippen LogP) is 1.56. The number of nitrogens with zero attached hydrogens (tertiary/aromatic N) is 1. The molecule has 0 rings (SSSR count). The summed E-state index contributed by atoms with van der Waals surface area (Å²) in [7, 11) is 0. The van der Waals surface area contributed by atoms with Crippen molar-refractivity contribution < 1.29 is 19.9 Å². The molecule has 0 aromatic rings. The van der Waals surface area contributed by atoms with Gasteiger partial charge in [0.1, 0.15) is 0 Å². The summed E-state index contributed by atoms with van der Waals surface area (Å²) in [5, 5.41) is 18.0. The number of rotatable bonds is 9. The Kier molecular flexibility index (Phi) is 9.03. The molecule has 0 aromatic heterocycles. The lowest BCUT2D eigenvalue weighted by Gasteiger charge is -2.13. The van der Waals surface area contributed by atoms with Crippen molar-refractivity contribution in [1.29, 1.82) is 0 Å². The molecule has 0 fully saturated rings. The van der Waals surface area contributed by atoms with Gasteiger partial charge in [0.25, 0.3) is 0 Å². The van der Waals surface area contributed by atoms with E-state index in [-0.39, 0.29) is 19.4 Å². The lowest BCUT2D eigenvalue weighted by Crippen LogP contribution is -2.29. The van der Waals surface area contributed by atoms with E-state index in [9.17, 15) is 14.8 Å². The Morgan fingerprint density at radius 1 is 1.06 bits per heavy atom. The number of hydrogen-bond acceptors (Lipinski definition) is 4. The van der Waals surface area contributed by atoms with Crippen LogP contribution in [0.25, 0.3) is 0 Å². The van der Waals surface area contributed by atoms with E-state index in [0.29, 0.717) is 5.06 Å². The van der Waals surface area contributed by atoms with E-state index in [0.717, 1.165) is 31.4 Å². The molecule has 0 bridgehead atoms. The Hall–Kier alpha value is -0.750. The number of carboxylic acid groups (broad SMARTS) is 1. The quantitative estimate of drug-likeness (QED) is 0.251. The molecule has 0 saturated carbocycles. The van der Waals surface area contributed by atoms with Crippen LogP contribution in [0, 0.1) is 0 Å². The Bertz CT molecular complexity index is 223. The van der Waals surface area contributed by atoms with Gasteiger partial charge in [0.15, 0.2) is 0 Å². The smallest absolute Gasteiger partial charge is 0.305 e. The maximum Gasteiger partial charge on any atom is 0.305 e. The summed E-state index contributed by atoms with van der Waals surface area (Å²) < 4.78 is 0. The van der Waals surface area contributed by atoms with Crippen molar-refractivity contribution in [3.05, 3.63) is 0 Å². The van der Waals surface area contributed by atoms with Crippen LogP contribution in [0.4, 0.5) is 0 Å². The van der Waals surface area contributed by atoms with E-state index in [1.165, 1.54) is 0 Å². The monoisotopic (exact) mass is 249 g/mol. The molecule has 1 amide bonds. The molecule has 0 heterocycles. The third-order valence-electron chi connectivity index (χ3n) is 2.12. The van der Waals surface area contributed by atoms with Gasteiger partial charge in [-0.25, -0.2) is 5.06 Å². The molecule has 5 nitrogen and oxygen atoms in total. The highest BCUT2D eigenvalue weighted by Crippen LogP contribution is 2.05. The Morgan fingerprint density at radius 3 is 2.25 bits per heavy atom. The number of aliphatic carboxylic acids is 1. The van der Waals surface area contributed by atoms with Crippen molar-refractivity contribution in [2.45, 2.75) is 38.5 Å². The van der Waals surface area contributed by atoms with Crippen LogP contribution in [0.15, 0.2) is 0 Å². The SMILES string of the molecule is O=C(O)CCN(O)C(=O)CCCCCCS. The maximum absolute atomic E-state index is 11.3. The number of hydrogen-bond donors (Lipinski definition) is 3. The Labute approximate surface area is 101 Å². The minimum atomic E-state index is -1.03. The molecular weight excluding hydrogens is 230 g/mol. The minimum absolute atomic E-state index is 0.148. The molecular formula is C10H19NO4S. The molecule has 0 aliphatic rings. The van der Waals surface area contributed by atoms with E-state index in [4.69, 9.17) is 5.11 Å². The molecule has 0 radical (unpaired) electrons. The van der Waals surface area contributed by atoms with E-state index < -0.39 is 11.9 Å². The van der Waals surface area contributed by atoms with Crippen molar-refractivity contribution in [3.8, 4) is 0 Å². The van der Waals surface area contributed by atoms with Gasteiger partial charge in [0.05, 0.1) is 13.0 Å². The van der Waals surface area contributed by atoms with Crippen molar-refractivity contribution in [3.63, 3.8) is 0 Å². The summed E-state index contributed by atoms with van der Waals surface area (Å²) in [4.78, 5) is 21.5. The molecule has 6 heteroatoms. The fourth-order valence-corrected chi connectivity index (χ4v) is 1.42. The zero-order valence-electron chi connectivity index (χ0n) is 9.26. The summed E-state index contributed by atoms with van der Waals surface area (Å²) in [6.07, 6.45) is 3.73. The third kappa shape index (κ3) is 8.55. The third-order valence-corrected chi connectivity index (χ3v) is 2.44. The first-order valence-corrected chi connectivity index (χ1v) is 6.03. The number of hydroxylamine groups is 2. The van der Waals surface area contributed by atoms with E-state index in [2.05, 4.69) is 12.6 Å². The van der Waals surface area contributed by atoms with Crippen LogP contribution in [0.5, 0.6) is 0 Å². The van der Waals surface area contributed by atoms with Gasteiger partial charge in [-0.05, 0) is 18.6 Å². The van der Waals surface area contributed by atoms with Crippen LogP contribution in [0.3, 0.4) is 0 Å².